The highest BCUT2D eigenvalue weighted by Crippen LogP contribution is 2.22. The summed E-state index contributed by atoms with van der Waals surface area (Å²) in [6.45, 7) is 2.08. The van der Waals surface area contributed by atoms with Gasteiger partial charge in [0.05, 0.1) is 0 Å². The summed E-state index contributed by atoms with van der Waals surface area (Å²) in [7, 11) is -8.29. The van der Waals surface area contributed by atoms with Crippen LogP contribution in [-0.2, 0) is 20.6 Å². The quantitative estimate of drug-likeness (QED) is 0.666. The molecule has 0 bridgehead atoms. The van der Waals surface area contributed by atoms with E-state index >= 15 is 0 Å². The molecular formula is C15H17N3O7S2. The minimum atomic E-state index is -4.15. The molecule has 0 heterocycles. The minimum absolute atomic E-state index is 0.00856. The second-order valence-corrected chi connectivity index (χ2v) is 7.52. The Balaban J connectivity index is 2.20. The first kappa shape index (κ1) is 20.6. The molecule has 0 saturated carbocycles. The molecule has 2 aromatic carbocycles. The van der Waals surface area contributed by atoms with E-state index in [0.717, 1.165) is 0 Å². The van der Waals surface area contributed by atoms with Gasteiger partial charge in [-0.25, -0.2) is 0 Å². The lowest BCUT2D eigenvalue weighted by Gasteiger charge is -2.21. The summed E-state index contributed by atoms with van der Waals surface area (Å²) in [5, 5.41) is 9.58. The molecule has 0 radical (unpaired) electrons. The Labute approximate surface area is 156 Å². The zero-order valence-electron chi connectivity index (χ0n) is 14.1. The van der Waals surface area contributed by atoms with E-state index in [1.54, 1.807) is 6.92 Å². The highest BCUT2D eigenvalue weighted by Gasteiger charge is 2.17. The molecule has 4 N–H and O–H groups in total. The minimum Gasteiger partial charge on any atom is -0.371 e. The van der Waals surface area contributed by atoms with Crippen molar-refractivity contribution in [2.45, 2.75) is 6.92 Å². The van der Waals surface area contributed by atoms with Gasteiger partial charge in [-0.1, -0.05) is 0 Å². The molecule has 0 spiro atoms. The van der Waals surface area contributed by atoms with Crippen LogP contribution < -0.4 is 23.5 Å². The summed E-state index contributed by atoms with van der Waals surface area (Å²) in [5.41, 5.74) is 0.776. The summed E-state index contributed by atoms with van der Waals surface area (Å²) in [6, 6.07) is 11.1. The monoisotopic (exact) mass is 415 g/mol. The van der Waals surface area contributed by atoms with Gasteiger partial charge in [0.1, 0.15) is 11.5 Å². The molecule has 0 atom stereocenters. The average Bonchev–Trinajstić information content (AvgIpc) is 2.55. The number of benzene rings is 2. The maximum absolute atomic E-state index is 12.7. The Morgan fingerprint density at radius 1 is 0.852 bits per heavy atom. The van der Waals surface area contributed by atoms with Gasteiger partial charge in [-0.2, -0.15) is 27.1 Å². The van der Waals surface area contributed by atoms with Gasteiger partial charge in [0.25, 0.3) is 5.91 Å². The van der Waals surface area contributed by atoms with Crippen molar-refractivity contribution in [1.29, 1.82) is 0 Å². The lowest BCUT2D eigenvalue weighted by Crippen LogP contribution is -2.30. The van der Waals surface area contributed by atoms with E-state index < -0.39 is 20.6 Å². The fourth-order valence-corrected chi connectivity index (χ4v) is 2.96. The van der Waals surface area contributed by atoms with Crippen molar-refractivity contribution in [2.75, 3.05) is 11.4 Å². The number of anilines is 1. The lowest BCUT2D eigenvalue weighted by molar-refractivity contribution is 0.0988. The topological polar surface area (TPSA) is 159 Å². The Morgan fingerprint density at radius 3 is 1.63 bits per heavy atom. The summed E-state index contributed by atoms with van der Waals surface area (Å²) in [5.74, 6) is -0.379. The molecule has 27 heavy (non-hydrogen) atoms. The number of nitrogens with two attached hydrogens (primary N) is 2. The predicted molar refractivity (Wildman–Crippen MR) is 97.7 cm³/mol. The molecule has 0 aliphatic carbocycles. The van der Waals surface area contributed by atoms with Crippen LogP contribution in [0.2, 0.25) is 0 Å². The first-order chi connectivity index (χ1) is 12.5. The number of carbonyl (C=O) groups is 1. The van der Waals surface area contributed by atoms with E-state index in [1.165, 1.54) is 53.4 Å². The Morgan fingerprint density at radius 2 is 1.26 bits per heavy atom. The van der Waals surface area contributed by atoms with Gasteiger partial charge < -0.3 is 13.3 Å². The molecule has 0 fully saturated rings. The third-order valence-electron chi connectivity index (χ3n) is 3.24. The van der Waals surface area contributed by atoms with Crippen molar-refractivity contribution in [2.24, 2.45) is 10.3 Å². The van der Waals surface area contributed by atoms with Crippen molar-refractivity contribution < 1.29 is 30.0 Å². The van der Waals surface area contributed by atoms with Crippen LogP contribution in [0.1, 0.15) is 17.3 Å². The lowest BCUT2D eigenvalue weighted by atomic mass is 10.1. The zero-order valence-corrected chi connectivity index (χ0v) is 15.7. The van der Waals surface area contributed by atoms with Crippen LogP contribution in [0.25, 0.3) is 0 Å². The molecule has 0 unspecified atom stereocenters. The third kappa shape index (κ3) is 6.21. The molecule has 0 aliphatic rings. The zero-order chi connectivity index (χ0) is 20.2. The molecule has 0 saturated heterocycles. The molecule has 12 heteroatoms. The van der Waals surface area contributed by atoms with Gasteiger partial charge in [-0.3, -0.25) is 4.79 Å². The first-order valence-corrected chi connectivity index (χ1v) is 10.4. The number of hydrogen-bond donors (Lipinski definition) is 2. The molecule has 1 amide bonds. The van der Waals surface area contributed by atoms with Crippen molar-refractivity contribution in [1.82, 2.24) is 0 Å². The van der Waals surface area contributed by atoms with Gasteiger partial charge in [0, 0.05) is 17.8 Å². The van der Waals surface area contributed by atoms with Gasteiger partial charge in [0.15, 0.2) is 0 Å². The van der Waals surface area contributed by atoms with Crippen LogP contribution in [0.5, 0.6) is 11.5 Å². The standard InChI is InChI=1S/C15H17N3O7S2/c1-2-18(12-5-9-14(10-6-12)25-27(17,22)23)15(19)11-3-7-13(8-4-11)24-26(16,20)21/h3-10H,2H2,1H3,(H2,16,20,21)(H2,17,22,23). The van der Waals surface area contributed by atoms with Crippen molar-refractivity contribution in [3.63, 3.8) is 0 Å². The van der Waals surface area contributed by atoms with Crippen molar-refractivity contribution in [3.8, 4) is 11.5 Å². The Bertz CT molecular complexity index is 1020. The largest absolute Gasteiger partial charge is 0.380 e. The van der Waals surface area contributed by atoms with E-state index in [0.29, 0.717) is 12.2 Å². The van der Waals surface area contributed by atoms with Crippen molar-refractivity contribution >= 4 is 32.2 Å². The highest BCUT2D eigenvalue weighted by molar-refractivity contribution is 7.85. The van der Waals surface area contributed by atoms with Crippen LogP contribution >= 0.6 is 0 Å². The van der Waals surface area contributed by atoms with Crippen molar-refractivity contribution in [3.05, 3.63) is 54.1 Å². The fraction of sp³-hybridized carbons (Fsp3) is 0.133. The maximum atomic E-state index is 12.7. The summed E-state index contributed by atoms with van der Waals surface area (Å²) in [4.78, 5) is 14.1. The summed E-state index contributed by atoms with van der Waals surface area (Å²) >= 11 is 0. The molecule has 0 aliphatic heterocycles. The van der Waals surface area contributed by atoms with Crippen LogP contribution in [0, 0.1) is 0 Å². The van der Waals surface area contributed by atoms with Crippen LogP contribution in [0.3, 0.4) is 0 Å². The van der Waals surface area contributed by atoms with E-state index in [1.807, 2.05) is 0 Å². The van der Waals surface area contributed by atoms with E-state index in [9.17, 15) is 21.6 Å². The molecular weight excluding hydrogens is 398 g/mol. The molecule has 2 rings (SSSR count). The average molecular weight is 415 g/mol. The van der Waals surface area contributed by atoms with Crippen LogP contribution in [0.4, 0.5) is 5.69 Å². The Hall–Kier alpha value is -2.67. The molecule has 2 aromatic rings. The smallest absolute Gasteiger partial charge is 0.371 e. The molecule has 146 valence electrons. The van der Waals surface area contributed by atoms with E-state index in [2.05, 4.69) is 8.37 Å². The van der Waals surface area contributed by atoms with Gasteiger partial charge in [0.2, 0.25) is 0 Å². The summed E-state index contributed by atoms with van der Waals surface area (Å²) < 4.78 is 52.7. The Kier molecular flexibility index (Phi) is 6.05. The normalized spacial score (nSPS) is 11.7. The fourth-order valence-electron chi connectivity index (χ4n) is 2.20. The molecule has 10 nitrogen and oxygen atoms in total. The van der Waals surface area contributed by atoms with E-state index in [-0.39, 0.29) is 23.0 Å². The molecule has 0 aromatic heterocycles. The summed E-state index contributed by atoms with van der Waals surface area (Å²) in [6.07, 6.45) is 0. The first-order valence-electron chi connectivity index (χ1n) is 7.45. The second-order valence-electron chi connectivity index (χ2n) is 5.22. The number of nitrogens with zero attached hydrogens (tertiary/aromatic N) is 1. The number of hydrogen-bond acceptors (Lipinski definition) is 7. The predicted octanol–water partition coefficient (Wildman–Crippen LogP) is 0.518. The van der Waals surface area contributed by atoms with Gasteiger partial charge >= 0.3 is 20.6 Å². The van der Waals surface area contributed by atoms with Crippen LogP contribution in [0.15, 0.2) is 48.5 Å². The number of carbonyl (C=O) groups excluding carboxylic acids is 1. The third-order valence-corrected chi connectivity index (χ3v) is 4.09. The van der Waals surface area contributed by atoms with Crippen LogP contribution in [-0.4, -0.2) is 29.3 Å². The second kappa shape index (κ2) is 7.92. The van der Waals surface area contributed by atoms with Gasteiger partial charge in [-0.05, 0) is 55.5 Å². The number of rotatable bonds is 7. The van der Waals surface area contributed by atoms with Gasteiger partial charge in [-0.15, -0.1) is 0 Å². The highest BCUT2D eigenvalue weighted by atomic mass is 32.2. The van der Waals surface area contributed by atoms with E-state index in [4.69, 9.17) is 10.3 Å². The maximum Gasteiger partial charge on any atom is 0.380 e. The SMILES string of the molecule is CCN(C(=O)c1ccc(OS(N)(=O)=O)cc1)c1ccc(OS(N)(=O)=O)cc1. The number of amides is 1.